The van der Waals surface area contributed by atoms with Crippen molar-refractivity contribution in [2.24, 2.45) is 0 Å². The summed E-state index contributed by atoms with van der Waals surface area (Å²) in [5, 5.41) is 2.57. The molecule has 2 aromatic carbocycles. The molecule has 0 saturated heterocycles. The monoisotopic (exact) mass is 353 g/mol. The van der Waals surface area contributed by atoms with Gasteiger partial charge in [0.25, 0.3) is 0 Å². The van der Waals surface area contributed by atoms with E-state index in [0.29, 0.717) is 11.3 Å². The fourth-order valence-electron chi connectivity index (χ4n) is 1.76. The highest BCUT2D eigenvalue weighted by Crippen LogP contribution is 2.17. The molecule has 0 saturated carbocycles. The molecule has 0 heterocycles. The molecule has 2 aromatic rings. The van der Waals surface area contributed by atoms with Crippen LogP contribution in [0.25, 0.3) is 6.08 Å². The summed E-state index contributed by atoms with van der Waals surface area (Å²) < 4.78 is 35.7. The number of halogens is 2. The molecule has 0 unspecified atom stereocenters. The molecule has 0 spiro atoms. The fourth-order valence-corrected chi connectivity index (χ4v) is 2.58. The number of carbonyl (C=O) groups is 1. The van der Waals surface area contributed by atoms with Crippen LogP contribution in [-0.2, 0) is 14.6 Å². The minimum Gasteiger partial charge on any atom is -0.323 e. The van der Waals surface area contributed by atoms with Crippen molar-refractivity contribution in [3.05, 3.63) is 64.9 Å². The zero-order chi connectivity index (χ0) is 17.0. The van der Waals surface area contributed by atoms with Crippen molar-refractivity contribution in [3.63, 3.8) is 0 Å². The van der Waals surface area contributed by atoms with Crippen molar-refractivity contribution >= 4 is 39.1 Å². The molecule has 0 radical (unpaired) electrons. The Morgan fingerprint density at radius 1 is 1.17 bits per heavy atom. The van der Waals surface area contributed by atoms with Gasteiger partial charge in [0.2, 0.25) is 5.91 Å². The van der Waals surface area contributed by atoms with Crippen LogP contribution in [0.15, 0.2) is 53.4 Å². The number of sulfone groups is 1. The van der Waals surface area contributed by atoms with E-state index in [-0.39, 0.29) is 9.92 Å². The Kier molecular flexibility index (Phi) is 5.18. The fraction of sp³-hybridized carbons (Fsp3) is 0.0625. The molecule has 0 bridgehead atoms. The molecule has 1 N–H and O–H groups in total. The summed E-state index contributed by atoms with van der Waals surface area (Å²) in [4.78, 5) is 12.0. The Labute approximate surface area is 138 Å². The van der Waals surface area contributed by atoms with E-state index in [1.54, 1.807) is 0 Å². The average Bonchev–Trinajstić information content (AvgIpc) is 2.48. The molecule has 120 valence electrons. The summed E-state index contributed by atoms with van der Waals surface area (Å²) in [5.74, 6) is -0.934. The van der Waals surface area contributed by atoms with Crippen LogP contribution in [0, 0.1) is 5.82 Å². The lowest BCUT2D eigenvalue weighted by Crippen LogP contribution is -2.08. The summed E-state index contributed by atoms with van der Waals surface area (Å²) in [6, 6.07) is 9.92. The van der Waals surface area contributed by atoms with Gasteiger partial charge in [0.1, 0.15) is 5.82 Å². The first kappa shape index (κ1) is 17.2. The minimum atomic E-state index is -3.27. The Hall–Kier alpha value is -2.18. The highest BCUT2D eigenvalue weighted by Gasteiger charge is 2.06. The van der Waals surface area contributed by atoms with E-state index < -0.39 is 21.6 Å². The normalized spacial score (nSPS) is 11.6. The second-order valence-electron chi connectivity index (χ2n) is 4.79. The lowest BCUT2D eigenvalue weighted by atomic mass is 10.2. The molecular formula is C16H13ClFNO3S. The number of nitrogens with one attached hydrogen (secondary N) is 1. The van der Waals surface area contributed by atoms with Gasteiger partial charge in [0.15, 0.2) is 9.84 Å². The van der Waals surface area contributed by atoms with Crippen molar-refractivity contribution in [1.29, 1.82) is 0 Å². The number of hydrogen-bond acceptors (Lipinski definition) is 3. The highest BCUT2D eigenvalue weighted by molar-refractivity contribution is 7.90. The van der Waals surface area contributed by atoms with Gasteiger partial charge in [0, 0.05) is 18.0 Å². The maximum Gasteiger partial charge on any atom is 0.248 e. The smallest absolute Gasteiger partial charge is 0.248 e. The van der Waals surface area contributed by atoms with E-state index in [9.17, 15) is 17.6 Å². The third-order valence-corrected chi connectivity index (χ3v) is 4.34. The van der Waals surface area contributed by atoms with E-state index in [1.807, 2.05) is 0 Å². The standard InChI is InChI=1S/C16H13ClFNO3S/c1-23(21,22)13-6-4-12(5-7-13)19-16(20)9-3-11-2-8-15(18)14(17)10-11/h2-10H,1H3,(H,19,20)/b9-3+. The molecule has 4 nitrogen and oxygen atoms in total. The Morgan fingerprint density at radius 3 is 2.39 bits per heavy atom. The molecule has 0 fully saturated rings. The van der Waals surface area contributed by atoms with Crippen LogP contribution in [-0.4, -0.2) is 20.6 Å². The summed E-state index contributed by atoms with van der Waals surface area (Å²) in [5.41, 5.74) is 1.04. The van der Waals surface area contributed by atoms with Crippen LogP contribution < -0.4 is 5.32 Å². The zero-order valence-corrected chi connectivity index (χ0v) is 13.7. The second kappa shape index (κ2) is 6.93. The van der Waals surface area contributed by atoms with Crippen LogP contribution in [0.1, 0.15) is 5.56 Å². The van der Waals surface area contributed by atoms with Gasteiger partial charge in [-0.2, -0.15) is 0 Å². The SMILES string of the molecule is CS(=O)(=O)c1ccc(NC(=O)/C=C/c2ccc(F)c(Cl)c2)cc1. The third-order valence-electron chi connectivity index (χ3n) is 2.92. The topological polar surface area (TPSA) is 63.2 Å². The maximum atomic E-state index is 13.0. The van der Waals surface area contributed by atoms with Crippen molar-refractivity contribution in [1.82, 2.24) is 0 Å². The van der Waals surface area contributed by atoms with E-state index in [4.69, 9.17) is 11.6 Å². The molecule has 2 rings (SSSR count). The van der Waals surface area contributed by atoms with Gasteiger partial charge in [-0.15, -0.1) is 0 Å². The Morgan fingerprint density at radius 2 is 1.83 bits per heavy atom. The maximum absolute atomic E-state index is 13.0. The Balaban J connectivity index is 2.04. The van der Waals surface area contributed by atoms with Gasteiger partial charge in [0.05, 0.1) is 9.92 Å². The van der Waals surface area contributed by atoms with Gasteiger partial charge in [-0.05, 0) is 48.0 Å². The molecule has 0 aliphatic heterocycles. The highest BCUT2D eigenvalue weighted by atomic mass is 35.5. The lowest BCUT2D eigenvalue weighted by molar-refractivity contribution is -0.111. The van der Waals surface area contributed by atoms with E-state index in [1.165, 1.54) is 54.6 Å². The number of carbonyl (C=O) groups excluding carboxylic acids is 1. The molecule has 1 amide bonds. The van der Waals surface area contributed by atoms with Gasteiger partial charge >= 0.3 is 0 Å². The summed E-state index contributed by atoms with van der Waals surface area (Å²) in [6.07, 6.45) is 3.87. The molecule has 0 aromatic heterocycles. The third kappa shape index (κ3) is 4.91. The number of rotatable bonds is 4. The van der Waals surface area contributed by atoms with Crippen LogP contribution in [0.2, 0.25) is 5.02 Å². The molecule has 7 heteroatoms. The molecule has 0 aliphatic rings. The quantitative estimate of drug-likeness (QED) is 0.855. The van der Waals surface area contributed by atoms with Crippen LogP contribution in [0.4, 0.5) is 10.1 Å². The average molecular weight is 354 g/mol. The number of benzene rings is 2. The first-order valence-corrected chi connectivity index (χ1v) is 8.77. The van der Waals surface area contributed by atoms with Gasteiger partial charge in [-0.25, -0.2) is 12.8 Å². The number of hydrogen-bond donors (Lipinski definition) is 1. The van der Waals surface area contributed by atoms with Crippen molar-refractivity contribution in [2.45, 2.75) is 4.90 Å². The van der Waals surface area contributed by atoms with Gasteiger partial charge in [-0.3, -0.25) is 4.79 Å². The zero-order valence-electron chi connectivity index (χ0n) is 12.1. The van der Waals surface area contributed by atoms with Gasteiger partial charge in [-0.1, -0.05) is 17.7 Å². The van der Waals surface area contributed by atoms with Crippen molar-refractivity contribution in [3.8, 4) is 0 Å². The van der Waals surface area contributed by atoms with Crippen molar-refractivity contribution < 1.29 is 17.6 Å². The number of amides is 1. The largest absolute Gasteiger partial charge is 0.323 e. The second-order valence-corrected chi connectivity index (χ2v) is 7.22. The summed E-state index contributed by atoms with van der Waals surface area (Å²) in [6.45, 7) is 0. The predicted octanol–water partition coefficient (Wildman–Crippen LogP) is 3.53. The summed E-state index contributed by atoms with van der Waals surface area (Å²) in [7, 11) is -3.27. The van der Waals surface area contributed by atoms with E-state index in [2.05, 4.69) is 5.32 Å². The minimum absolute atomic E-state index is 0.0241. The Bertz CT molecular complexity index is 861. The van der Waals surface area contributed by atoms with E-state index in [0.717, 1.165) is 6.26 Å². The van der Waals surface area contributed by atoms with Gasteiger partial charge < -0.3 is 5.32 Å². The van der Waals surface area contributed by atoms with Crippen LogP contribution in [0.3, 0.4) is 0 Å². The first-order chi connectivity index (χ1) is 10.8. The molecule has 0 atom stereocenters. The van der Waals surface area contributed by atoms with Crippen molar-refractivity contribution in [2.75, 3.05) is 11.6 Å². The van der Waals surface area contributed by atoms with Crippen LogP contribution >= 0.6 is 11.6 Å². The first-order valence-electron chi connectivity index (χ1n) is 6.50. The molecule has 0 aliphatic carbocycles. The molecule has 23 heavy (non-hydrogen) atoms. The van der Waals surface area contributed by atoms with E-state index >= 15 is 0 Å². The predicted molar refractivity (Wildman–Crippen MR) is 88.6 cm³/mol. The lowest BCUT2D eigenvalue weighted by Gasteiger charge is -2.03. The number of anilines is 1. The molecular weight excluding hydrogens is 341 g/mol. The van der Waals surface area contributed by atoms with Crippen LogP contribution in [0.5, 0.6) is 0 Å². The summed E-state index contributed by atoms with van der Waals surface area (Å²) >= 11 is 5.65.